The molecule has 0 aliphatic carbocycles. The molecule has 1 amide bonds. The molecule has 1 N–H and O–H groups in total. The van der Waals surface area contributed by atoms with Crippen molar-refractivity contribution in [1.29, 1.82) is 0 Å². The number of hydrogen-bond acceptors (Lipinski definition) is 8. The first kappa shape index (κ1) is 27.4. The SMILES string of the molecule is C=CC(=O)N1CCN(c2nc(OC[C@@H]3CC(C)(F)CN3C)nc3c2CCN(c2c(C)c(C)cc4[nH]ncc24)C3)CC1. The highest BCUT2D eigenvalue weighted by Gasteiger charge is 2.39. The lowest BCUT2D eigenvalue weighted by molar-refractivity contribution is -0.126. The number of rotatable bonds is 6. The van der Waals surface area contributed by atoms with Crippen LogP contribution in [0.2, 0.25) is 0 Å². The van der Waals surface area contributed by atoms with Crippen LogP contribution < -0.4 is 14.5 Å². The molecule has 41 heavy (non-hydrogen) atoms. The minimum absolute atomic E-state index is 0.0395. The monoisotopic (exact) mass is 562 g/mol. The smallest absolute Gasteiger partial charge is 0.318 e. The predicted octanol–water partition coefficient (Wildman–Crippen LogP) is 3.18. The summed E-state index contributed by atoms with van der Waals surface area (Å²) in [5.41, 5.74) is 5.48. The fourth-order valence-electron chi connectivity index (χ4n) is 6.61. The summed E-state index contributed by atoms with van der Waals surface area (Å²) < 4.78 is 20.9. The number of aromatic amines is 1. The zero-order valence-electron chi connectivity index (χ0n) is 24.4. The summed E-state index contributed by atoms with van der Waals surface area (Å²) >= 11 is 0. The van der Waals surface area contributed by atoms with E-state index in [0.29, 0.717) is 58.3 Å². The van der Waals surface area contributed by atoms with E-state index in [1.165, 1.54) is 22.9 Å². The minimum atomic E-state index is -1.22. The van der Waals surface area contributed by atoms with Gasteiger partial charge in [-0.3, -0.25) is 14.8 Å². The van der Waals surface area contributed by atoms with Gasteiger partial charge in [-0.05, 0) is 57.5 Å². The van der Waals surface area contributed by atoms with Crippen molar-refractivity contribution < 1.29 is 13.9 Å². The van der Waals surface area contributed by atoms with Gasteiger partial charge in [0.15, 0.2) is 0 Å². The van der Waals surface area contributed by atoms with E-state index in [4.69, 9.17) is 14.7 Å². The van der Waals surface area contributed by atoms with Gasteiger partial charge >= 0.3 is 6.01 Å². The third kappa shape index (κ3) is 5.23. The summed E-state index contributed by atoms with van der Waals surface area (Å²) in [6.07, 6.45) is 4.47. The number of likely N-dealkylation sites (tertiary alicyclic amines) is 1. The molecule has 10 nitrogen and oxygen atoms in total. The highest BCUT2D eigenvalue weighted by molar-refractivity contribution is 5.94. The first-order valence-corrected chi connectivity index (χ1v) is 14.4. The molecule has 2 atom stereocenters. The van der Waals surface area contributed by atoms with Crippen LogP contribution in [-0.2, 0) is 17.8 Å². The third-order valence-electron chi connectivity index (χ3n) is 8.90. The number of hydrogen-bond donors (Lipinski definition) is 1. The normalized spacial score (nSPS) is 23.2. The number of nitrogens with one attached hydrogen (secondary N) is 1. The summed E-state index contributed by atoms with van der Waals surface area (Å²) in [6, 6.07) is 2.42. The van der Waals surface area contributed by atoms with Crippen LogP contribution in [0.1, 0.15) is 35.7 Å². The Morgan fingerprint density at radius 1 is 1.22 bits per heavy atom. The maximum Gasteiger partial charge on any atom is 0.318 e. The second kappa shape index (κ2) is 10.6. The molecular weight excluding hydrogens is 523 g/mol. The van der Waals surface area contributed by atoms with Crippen molar-refractivity contribution in [2.75, 3.05) is 62.7 Å². The molecular formula is C30H39FN8O2. The van der Waals surface area contributed by atoms with Gasteiger partial charge in [-0.1, -0.05) is 6.58 Å². The van der Waals surface area contributed by atoms with Gasteiger partial charge in [-0.15, -0.1) is 0 Å². The van der Waals surface area contributed by atoms with Gasteiger partial charge < -0.3 is 19.4 Å². The zero-order chi connectivity index (χ0) is 28.9. The van der Waals surface area contributed by atoms with Crippen LogP contribution >= 0.6 is 0 Å². The van der Waals surface area contributed by atoms with E-state index in [9.17, 15) is 9.18 Å². The van der Waals surface area contributed by atoms with Crippen LogP contribution in [0.4, 0.5) is 15.9 Å². The van der Waals surface area contributed by atoms with Gasteiger partial charge in [-0.2, -0.15) is 15.1 Å². The Hall–Kier alpha value is -3.73. The van der Waals surface area contributed by atoms with E-state index in [1.807, 2.05) is 23.0 Å². The number of anilines is 2. The molecule has 6 rings (SSSR count). The number of aromatic nitrogens is 4. The van der Waals surface area contributed by atoms with Crippen molar-refractivity contribution in [3.05, 3.63) is 47.3 Å². The molecule has 11 heteroatoms. The number of H-pyrrole nitrogens is 1. The molecule has 2 saturated heterocycles. The van der Waals surface area contributed by atoms with E-state index in [2.05, 4.69) is 46.5 Å². The van der Waals surface area contributed by atoms with Gasteiger partial charge in [0.05, 0.1) is 29.6 Å². The van der Waals surface area contributed by atoms with E-state index < -0.39 is 5.67 Å². The highest BCUT2D eigenvalue weighted by atomic mass is 19.1. The number of ether oxygens (including phenoxy) is 1. The number of alkyl halides is 1. The van der Waals surface area contributed by atoms with Gasteiger partial charge in [0.25, 0.3) is 0 Å². The molecule has 3 aromatic rings. The number of carbonyl (C=O) groups is 1. The summed E-state index contributed by atoms with van der Waals surface area (Å²) in [5.74, 6) is 0.827. The number of carbonyl (C=O) groups excluding carboxylic acids is 1. The van der Waals surface area contributed by atoms with E-state index in [1.54, 1.807) is 6.92 Å². The number of nitrogens with zero attached hydrogens (tertiary/aromatic N) is 7. The summed E-state index contributed by atoms with van der Waals surface area (Å²) in [4.78, 5) is 30.5. The average Bonchev–Trinajstić information content (AvgIpc) is 3.52. The van der Waals surface area contributed by atoms with Crippen LogP contribution in [0.3, 0.4) is 0 Å². The Morgan fingerprint density at radius 3 is 2.71 bits per heavy atom. The fraction of sp³-hybridized carbons (Fsp3) is 0.533. The zero-order valence-corrected chi connectivity index (χ0v) is 24.4. The Balaban J connectivity index is 1.31. The summed E-state index contributed by atoms with van der Waals surface area (Å²) in [5, 5.41) is 8.53. The summed E-state index contributed by atoms with van der Waals surface area (Å²) in [6.45, 7) is 14.3. The fourth-order valence-corrected chi connectivity index (χ4v) is 6.61. The number of fused-ring (bicyclic) bond motifs is 2. The first-order valence-electron chi connectivity index (χ1n) is 14.4. The Bertz CT molecular complexity index is 1480. The highest BCUT2D eigenvalue weighted by Crippen LogP contribution is 2.37. The Kier molecular flexibility index (Phi) is 7.09. The number of likely N-dealkylation sites (N-methyl/N-ethyl adjacent to an activating group) is 1. The molecule has 2 aromatic heterocycles. The molecule has 3 aliphatic rings. The van der Waals surface area contributed by atoms with Crippen LogP contribution in [0.15, 0.2) is 24.9 Å². The summed E-state index contributed by atoms with van der Waals surface area (Å²) in [7, 11) is 1.93. The van der Waals surface area contributed by atoms with E-state index in [-0.39, 0.29) is 11.9 Å². The largest absolute Gasteiger partial charge is 0.462 e. The lowest BCUT2D eigenvalue weighted by Crippen LogP contribution is -2.49. The molecule has 2 fully saturated rings. The van der Waals surface area contributed by atoms with Gasteiger partial charge in [0, 0.05) is 62.7 Å². The maximum absolute atomic E-state index is 14.7. The first-order chi connectivity index (χ1) is 19.6. The van der Waals surface area contributed by atoms with Crippen molar-refractivity contribution in [2.45, 2.75) is 51.9 Å². The Labute approximate surface area is 240 Å². The van der Waals surface area contributed by atoms with Gasteiger partial charge in [0.2, 0.25) is 5.91 Å². The maximum atomic E-state index is 14.7. The lowest BCUT2D eigenvalue weighted by atomic mass is 9.99. The molecule has 1 aromatic carbocycles. The van der Waals surface area contributed by atoms with Crippen molar-refractivity contribution >= 4 is 28.3 Å². The van der Waals surface area contributed by atoms with E-state index >= 15 is 0 Å². The molecule has 0 saturated carbocycles. The quantitative estimate of drug-likeness (QED) is 0.458. The second-order valence-electron chi connectivity index (χ2n) is 11.9. The van der Waals surface area contributed by atoms with Crippen molar-refractivity contribution in [2.24, 2.45) is 0 Å². The second-order valence-corrected chi connectivity index (χ2v) is 11.9. The third-order valence-corrected chi connectivity index (χ3v) is 8.90. The van der Waals surface area contributed by atoms with Crippen LogP contribution in [0.5, 0.6) is 6.01 Å². The lowest BCUT2D eigenvalue weighted by Gasteiger charge is -2.38. The standard InChI is InChI=1S/C30H39FN8O2/c1-6-26(40)37-9-11-38(12-10-37)28-22-7-8-39(27-20(3)19(2)13-24-23(27)15-32-35-24)16-25(22)33-29(34-28)41-17-21-14-30(4,31)18-36(21)5/h6,13,15,21H,1,7-12,14,16-18H2,2-5H3,(H,32,35)/t21-,30?/m0/s1. The van der Waals surface area contributed by atoms with Crippen molar-refractivity contribution in [3.63, 3.8) is 0 Å². The molecule has 3 aliphatic heterocycles. The molecule has 218 valence electrons. The number of amides is 1. The number of benzene rings is 1. The number of aryl methyl sites for hydroxylation is 1. The van der Waals surface area contributed by atoms with Crippen molar-refractivity contribution in [1.82, 2.24) is 30.0 Å². The number of piperazine rings is 1. The average molecular weight is 563 g/mol. The topological polar surface area (TPSA) is 93.7 Å². The minimum Gasteiger partial charge on any atom is -0.462 e. The Morgan fingerprint density at radius 2 is 2.00 bits per heavy atom. The van der Waals surface area contributed by atoms with Gasteiger partial charge in [-0.25, -0.2) is 4.39 Å². The van der Waals surface area contributed by atoms with E-state index in [0.717, 1.165) is 40.9 Å². The number of halogens is 1. The molecule has 1 unspecified atom stereocenters. The molecule has 0 radical (unpaired) electrons. The van der Waals surface area contributed by atoms with Crippen LogP contribution in [0, 0.1) is 13.8 Å². The van der Waals surface area contributed by atoms with Crippen LogP contribution in [-0.4, -0.2) is 101 Å². The molecule has 0 spiro atoms. The molecule has 5 heterocycles. The predicted molar refractivity (Wildman–Crippen MR) is 157 cm³/mol. The molecule has 0 bridgehead atoms. The van der Waals surface area contributed by atoms with Gasteiger partial charge in [0.1, 0.15) is 18.1 Å². The van der Waals surface area contributed by atoms with Crippen molar-refractivity contribution in [3.8, 4) is 6.01 Å². The van der Waals surface area contributed by atoms with Crippen LogP contribution in [0.25, 0.3) is 10.9 Å².